The van der Waals surface area contributed by atoms with Crippen molar-refractivity contribution in [3.8, 4) is 17.3 Å². The second-order valence-electron chi connectivity index (χ2n) is 4.34. The Morgan fingerprint density at radius 3 is 2.85 bits per heavy atom. The van der Waals surface area contributed by atoms with Gasteiger partial charge in [-0.1, -0.05) is 25.1 Å². The molecule has 0 amide bonds. The molecule has 0 spiro atoms. The highest BCUT2D eigenvalue weighted by Crippen LogP contribution is 2.18. The van der Waals surface area contributed by atoms with Gasteiger partial charge in [0, 0.05) is 18.0 Å². The molecule has 100 valence electrons. The van der Waals surface area contributed by atoms with Crippen LogP contribution in [-0.2, 0) is 6.42 Å². The molecule has 6 nitrogen and oxygen atoms in total. The Labute approximate surface area is 116 Å². The average Bonchev–Trinajstić information content (AvgIpc) is 3.01. The van der Waals surface area contributed by atoms with E-state index < -0.39 is 0 Å². The molecule has 3 rings (SSSR count). The van der Waals surface area contributed by atoms with Gasteiger partial charge >= 0.3 is 0 Å². The number of nitrogens with zero attached hydrogens (tertiary/aromatic N) is 5. The van der Waals surface area contributed by atoms with Gasteiger partial charge in [0.05, 0.1) is 0 Å². The lowest BCUT2D eigenvalue weighted by Gasteiger charge is -2.06. The summed E-state index contributed by atoms with van der Waals surface area (Å²) in [5, 5.41) is 0. The van der Waals surface area contributed by atoms with E-state index in [2.05, 4.69) is 39.0 Å². The summed E-state index contributed by atoms with van der Waals surface area (Å²) < 4.78 is 1.70. The zero-order valence-electron chi connectivity index (χ0n) is 11.1. The molecule has 0 aliphatic rings. The Morgan fingerprint density at radius 2 is 2.10 bits per heavy atom. The summed E-state index contributed by atoms with van der Waals surface area (Å²) in [6.45, 7) is 2.11. The van der Waals surface area contributed by atoms with Crippen LogP contribution in [0.15, 0.2) is 43.0 Å². The predicted molar refractivity (Wildman–Crippen MR) is 76.2 cm³/mol. The minimum absolute atomic E-state index is 0.195. The first-order chi connectivity index (χ1) is 9.76. The van der Waals surface area contributed by atoms with E-state index in [-0.39, 0.29) is 5.95 Å². The van der Waals surface area contributed by atoms with Gasteiger partial charge in [-0.3, -0.25) is 4.57 Å². The molecule has 0 bridgehead atoms. The van der Waals surface area contributed by atoms with Crippen molar-refractivity contribution < 1.29 is 0 Å². The van der Waals surface area contributed by atoms with Crippen LogP contribution >= 0.6 is 0 Å². The maximum Gasteiger partial charge on any atom is 0.240 e. The van der Waals surface area contributed by atoms with Gasteiger partial charge in [0.25, 0.3) is 0 Å². The second kappa shape index (κ2) is 5.08. The van der Waals surface area contributed by atoms with Crippen molar-refractivity contribution in [1.29, 1.82) is 0 Å². The third kappa shape index (κ3) is 2.35. The average molecular weight is 266 g/mol. The van der Waals surface area contributed by atoms with Gasteiger partial charge < -0.3 is 5.73 Å². The molecule has 2 heterocycles. The lowest BCUT2D eigenvalue weighted by molar-refractivity contribution is 0.906. The molecule has 3 aromatic rings. The first-order valence-corrected chi connectivity index (χ1v) is 6.35. The highest BCUT2D eigenvalue weighted by Gasteiger charge is 2.08. The number of imidazole rings is 1. The molecular formula is C14H14N6. The topological polar surface area (TPSA) is 82.5 Å². The Kier molecular flexibility index (Phi) is 3.12. The maximum atomic E-state index is 5.78. The minimum Gasteiger partial charge on any atom is -0.368 e. The molecule has 2 aromatic heterocycles. The molecule has 0 saturated heterocycles. The number of benzene rings is 1. The van der Waals surface area contributed by atoms with E-state index in [1.807, 2.05) is 12.1 Å². The monoisotopic (exact) mass is 266 g/mol. The summed E-state index contributed by atoms with van der Waals surface area (Å²) in [4.78, 5) is 16.8. The van der Waals surface area contributed by atoms with Crippen LogP contribution in [-0.4, -0.2) is 24.5 Å². The largest absolute Gasteiger partial charge is 0.368 e. The Hall–Kier alpha value is -2.76. The first-order valence-electron chi connectivity index (χ1n) is 6.35. The van der Waals surface area contributed by atoms with Crippen LogP contribution in [0.5, 0.6) is 0 Å². The highest BCUT2D eigenvalue weighted by molar-refractivity contribution is 5.57. The number of aromatic nitrogens is 5. The Balaban J connectivity index is 2.09. The molecule has 1 aromatic carbocycles. The zero-order valence-corrected chi connectivity index (χ0v) is 11.1. The molecule has 0 saturated carbocycles. The number of nitrogen functional groups attached to an aromatic ring is 1. The van der Waals surface area contributed by atoms with Gasteiger partial charge in [0.2, 0.25) is 11.9 Å². The van der Waals surface area contributed by atoms with Gasteiger partial charge in [0.1, 0.15) is 6.33 Å². The van der Waals surface area contributed by atoms with Crippen LogP contribution in [0.4, 0.5) is 5.95 Å². The summed E-state index contributed by atoms with van der Waals surface area (Å²) in [7, 11) is 0. The molecule has 0 unspecified atom stereocenters. The molecule has 0 fully saturated rings. The third-order valence-electron chi connectivity index (χ3n) is 2.97. The summed E-state index contributed by atoms with van der Waals surface area (Å²) in [6.07, 6.45) is 6.02. The Morgan fingerprint density at radius 1 is 1.20 bits per heavy atom. The van der Waals surface area contributed by atoms with E-state index >= 15 is 0 Å². The fraction of sp³-hybridized carbons (Fsp3) is 0.143. The third-order valence-corrected chi connectivity index (χ3v) is 2.97. The van der Waals surface area contributed by atoms with E-state index in [1.165, 1.54) is 5.56 Å². The molecule has 2 N–H and O–H groups in total. The number of anilines is 1. The van der Waals surface area contributed by atoms with E-state index in [0.29, 0.717) is 11.8 Å². The van der Waals surface area contributed by atoms with Gasteiger partial charge in [-0.2, -0.15) is 15.0 Å². The standard InChI is InChI=1S/C14H14N6/c1-2-10-4-3-5-11(8-10)12-17-13(15)19-14(18-12)20-7-6-16-9-20/h3-9H,2H2,1H3,(H2,15,17,18,19). The van der Waals surface area contributed by atoms with Gasteiger partial charge in [-0.15, -0.1) is 0 Å². The fourth-order valence-corrected chi connectivity index (χ4v) is 1.93. The summed E-state index contributed by atoms with van der Waals surface area (Å²) in [5.41, 5.74) is 7.94. The quantitative estimate of drug-likeness (QED) is 0.782. The molecule has 0 radical (unpaired) electrons. The molecular weight excluding hydrogens is 252 g/mol. The number of aryl methyl sites for hydroxylation is 1. The first kappa shape index (κ1) is 12.3. The van der Waals surface area contributed by atoms with Crippen molar-refractivity contribution in [1.82, 2.24) is 24.5 Å². The molecule has 20 heavy (non-hydrogen) atoms. The van der Waals surface area contributed by atoms with E-state index in [9.17, 15) is 0 Å². The van der Waals surface area contributed by atoms with Crippen LogP contribution in [0.1, 0.15) is 12.5 Å². The number of hydrogen-bond donors (Lipinski definition) is 1. The number of hydrogen-bond acceptors (Lipinski definition) is 5. The van der Waals surface area contributed by atoms with Crippen molar-refractivity contribution >= 4 is 5.95 Å². The lowest BCUT2D eigenvalue weighted by Crippen LogP contribution is -2.06. The van der Waals surface area contributed by atoms with E-state index in [1.54, 1.807) is 23.3 Å². The van der Waals surface area contributed by atoms with Crippen LogP contribution in [0, 0.1) is 0 Å². The summed E-state index contributed by atoms with van der Waals surface area (Å²) >= 11 is 0. The lowest BCUT2D eigenvalue weighted by atomic mass is 10.1. The Bertz CT molecular complexity index is 720. The molecule has 0 aliphatic carbocycles. The van der Waals surface area contributed by atoms with Crippen LogP contribution in [0.3, 0.4) is 0 Å². The van der Waals surface area contributed by atoms with Crippen LogP contribution in [0.25, 0.3) is 17.3 Å². The predicted octanol–water partition coefficient (Wildman–Crippen LogP) is 1.87. The van der Waals surface area contributed by atoms with E-state index in [4.69, 9.17) is 5.73 Å². The maximum absolute atomic E-state index is 5.78. The van der Waals surface area contributed by atoms with Gasteiger partial charge in [-0.25, -0.2) is 4.98 Å². The highest BCUT2D eigenvalue weighted by atomic mass is 15.2. The smallest absolute Gasteiger partial charge is 0.240 e. The van der Waals surface area contributed by atoms with Crippen LogP contribution in [0.2, 0.25) is 0 Å². The van der Waals surface area contributed by atoms with Crippen LogP contribution < -0.4 is 5.73 Å². The van der Waals surface area contributed by atoms with Crippen molar-refractivity contribution in [3.05, 3.63) is 48.5 Å². The van der Waals surface area contributed by atoms with Crippen molar-refractivity contribution in [2.45, 2.75) is 13.3 Å². The van der Waals surface area contributed by atoms with Crippen molar-refractivity contribution in [2.75, 3.05) is 5.73 Å². The van der Waals surface area contributed by atoms with E-state index in [0.717, 1.165) is 12.0 Å². The molecule has 0 aliphatic heterocycles. The minimum atomic E-state index is 0.195. The number of nitrogens with two attached hydrogens (primary N) is 1. The summed E-state index contributed by atoms with van der Waals surface area (Å²) in [6, 6.07) is 8.09. The fourth-order valence-electron chi connectivity index (χ4n) is 1.93. The van der Waals surface area contributed by atoms with Gasteiger partial charge in [0.15, 0.2) is 5.82 Å². The van der Waals surface area contributed by atoms with Crippen molar-refractivity contribution in [3.63, 3.8) is 0 Å². The SMILES string of the molecule is CCc1cccc(-c2nc(N)nc(-n3ccnc3)n2)c1. The summed E-state index contributed by atoms with van der Waals surface area (Å²) in [5.74, 6) is 1.23. The van der Waals surface area contributed by atoms with Gasteiger partial charge in [-0.05, 0) is 18.1 Å². The van der Waals surface area contributed by atoms with Crippen molar-refractivity contribution in [2.24, 2.45) is 0 Å². The molecule has 0 atom stereocenters. The number of rotatable bonds is 3. The zero-order chi connectivity index (χ0) is 13.9. The second-order valence-corrected chi connectivity index (χ2v) is 4.34. The molecule has 6 heteroatoms. The normalized spacial score (nSPS) is 10.7.